The molecular formula is C17H20ClF3N4O2. The first-order valence-corrected chi connectivity index (χ1v) is 8.18. The number of rotatable bonds is 4. The van der Waals surface area contributed by atoms with Gasteiger partial charge in [-0.1, -0.05) is 6.07 Å². The quantitative estimate of drug-likeness (QED) is 0.820. The summed E-state index contributed by atoms with van der Waals surface area (Å²) >= 11 is 0. The molecule has 2 aromatic rings. The molecule has 27 heavy (non-hydrogen) atoms. The number of anilines is 1. The molecule has 0 bridgehead atoms. The van der Waals surface area contributed by atoms with Crippen LogP contribution >= 0.6 is 12.4 Å². The Kier molecular flexibility index (Phi) is 6.50. The largest absolute Gasteiger partial charge is 0.416 e. The third-order valence-electron chi connectivity index (χ3n) is 4.16. The highest BCUT2D eigenvalue weighted by molar-refractivity contribution is 5.94. The summed E-state index contributed by atoms with van der Waals surface area (Å²) in [5.74, 6) is -0.0827. The smallest absolute Gasteiger partial charge is 0.364 e. The lowest BCUT2D eigenvalue weighted by Gasteiger charge is -2.14. The molecule has 1 saturated heterocycles. The van der Waals surface area contributed by atoms with Gasteiger partial charge in [0.15, 0.2) is 0 Å². The molecule has 1 amide bonds. The number of alkyl halides is 3. The first-order chi connectivity index (χ1) is 12.3. The molecule has 1 fully saturated rings. The number of nitrogens with one attached hydrogen (secondary N) is 1. The number of halogens is 4. The highest BCUT2D eigenvalue weighted by Crippen LogP contribution is 2.31. The van der Waals surface area contributed by atoms with Crippen molar-refractivity contribution in [3.63, 3.8) is 0 Å². The molecule has 3 N–H and O–H groups in total. The van der Waals surface area contributed by atoms with Crippen molar-refractivity contribution in [2.45, 2.75) is 38.1 Å². The highest BCUT2D eigenvalue weighted by Gasteiger charge is 2.32. The predicted molar refractivity (Wildman–Crippen MR) is 96.1 cm³/mol. The molecular weight excluding hydrogens is 385 g/mol. The number of carbonyl (C=O) groups is 1. The number of amides is 1. The van der Waals surface area contributed by atoms with Crippen molar-refractivity contribution >= 4 is 24.1 Å². The number of benzene rings is 1. The molecule has 2 heterocycles. The summed E-state index contributed by atoms with van der Waals surface area (Å²) in [4.78, 5) is 12.4. The number of ether oxygens (including phenoxy) is 1. The maximum absolute atomic E-state index is 12.9. The molecule has 1 aromatic carbocycles. The summed E-state index contributed by atoms with van der Waals surface area (Å²) in [5, 5.41) is 6.88. The van der Waals surface area contributed by atoms with Gasteiger partial charge in [0.2, 0.25) is 0 Å². The van der Waals surface area contributed by atoms with E-state index in [4.69, 9.17) is 10.5 Å². The summed E-state index contributed by atoms with van der Waals surface area (Å²) in [6.45, 7) is 2.03. The SMILES string of the molecule is Cc1cc(NC(=O)[C@@H]2CC[C@H](CN)O2)n(-c2cccc(C(F)(F)F)c2)n1.Cl. The lowest BCUT2D eigenvalue weighted by molar-refractivity contribution is -0.137. The maximum Gasteiger partial charge on any atom is 0.416 e. The van der Waals surface area contributed by atoms with E-state index in [0.717, 1.165) is 12.1 Å². The molecule has 2 atom stereocenters. The monoisotopic (exact) mass is 404 g/mol. The second-order valence-corrected chi connectivity index (χ2v) is 6.18. The zero-order chi connectivity index (χ0) is 18.9. The third-order valence-corrected chi connectivity index (χ3v) is 4.16. The van der Waals surface area contributed by atoms with Crippen LogP contribution in [0, 0.1) is 6.92 Å². The lowest BCUT2D eigenvalue weighted by atomic mass is 10.2. The van der Waals surface area contributed by atoms with Gasteiger partial charge < -0.3 is 15.8 Å². The number of hydrogen-bond donors (Lipinski definition) is 2. The number of aromatic nitrogens is 2. The summed E-state index contributed by atoms with van der Waals surface area (Å²) in [6, 6.07) is 6.35. The second-order valence-electron chi connectivity index (χ2n) is 6.18. The van der Waals surface area contributed by atoms with Gasteiger partial charge in [-0.15, -0.1) is 12.4 Å². The fourth-order valence-corrected chi connectivity index (χ4v) is 2.88. The Morgan fingerprint density at radius 1 is 1.37 bits per heavy atom. The normalized spacial score (nSPS) is 19.6. The highest BCUT2D eigenvalue weighted by atomic mass is 35.5. The van der Waals surface area contributed by atoms with Gasteiger partial charge in [0.25, 0.3) is 5.91 Å². The molecule has 0 radical (unpaired) electrons. The van der Waals surface area contributed by atoms with E-state index in [0.29, 0.717) is 25.1 Å². The molecule has 1 aromatic heterocycles. The first kappa shape index (κ1) is 21.2. The van der Waals surface area contributed by atoms with Gasteiger partial charge in [-0.3, -0.25) is 4.79 Å². The van der Waals surface area contributed by atoms with Crippen molar-refractivity contribution in [2.24, 2.45) is 5.73 Å². The van der Waals surface area contributed by atoms with Gasteiger partial charge in [-0.25, -0.2) is 4.68 Å². The summed E-state index contributed by atoms with van der Waals surface area (Å²) in [7, 11) is 0. The minimum Gasteiger partial charge on any atom is -0.364 e. The van der Waals surface area contributed by atoms with E-state index < -0.39 is 17.8 Å². The molecule has 3 rings (SSSR count). The van der Waals surface area contributed by atoms with E-state index in [-0.39, 0.29) is 35.9 Å². The lowest BCUT2D eigenvalue weighted by Crippen LogP contribution is -2.30. The maximum atomic E-state index is 12.9. The Hall–Kier alpha value is -2.10. The van der Waals surface area contributed by atoms with Crippen LogP contribution in [0.1, 0.15) is 24.1 Å². The van der Waals surface area contributed by atoms with Crippen LogP contribution in [0.15, 0.2) is 30.3 Å². The van der Waals surface area contributed by atoms with Crippen molar-refractivity contribution < 1.29 is 22.7 Å². The zero-order valence-electron chi connectivity index (χ0n) is 14.5. The average Bonchev–Trinajstić information content (AvgIpc) is 3.21. The van der Waals surface area contributed by atoms with Crippen LogP contribution in [-0.2, 0) is 15.7 Å². The van der Waals surface area contributed by atoms with E-state index in [1.54, 1.807) is 13.0 Å². The minimum atomic E-state index is -4.46. The standard InChI is InChI=1S/C17H19F3N4O2.ClH/c1-10-7-15(22-16(25)14-6-5-13(9-21)26-14)24(23-10)12-4-2-3-11(8-12)17(18,19)20;/h2-4,7-8,13-14H,5-6,9,21H2,1H3,(H,22,25);1H/t13-,14+;/m1./s1. The van der Waals surface area contributed by atoms with Crippen LogP contribution in [0.4, 0.5) is 19.0 Å². The van der Waals surface area contributed by atoms with E-state index in [1.165, 1.54) is 16.8 Å². The Morgan fingerprint density at radius 3 is 2.74 bits per heavy atom. The van der Waals surface area contributed by atoms with Crippen LogP contribution in [0.3, 0.4) is 0 Å². The summed E-state index contributed by atoms with van der Waals surface area (Å²) in [5.41, 5.74) is 5.52. The van der Waals surface area contributed by atoms with Crippen molar-refractivity contribution in [3.05, 3.63) is 41.6 Å². The molecule has 0 aliphatic carbocycles. The minimum absolute atomic E-state index is 0. The van der Waals surface area contributed by atoms with Crippen molar-refractivity contribution in [1.29, 1.82) is 0 Å². The summed E-state index contributed by atoms with van der Waals surface area (Å²) < 4.78 is 45.7. The van der Waals surface area contributed by atoms with Gasteiger partial charge in [-0.2, -0.15) is 18.3 Å². The molecule has 148 valence electrons. The molecule has 0 unspecified atom stereocenters. The van der Waals surface area contributed by atoms with Gasteiger partial charge in [0, 0.05) is 12.6 Å². The molecule has 6 nitrogen and oxygen atoms in total. The number of nitrogens with zero attached hydrogens (tertiary/aromatic N) is 2. The summed E-state index contributed by atoms with van der Waals surface area (Å²) in [6.07, 6.45) is -4.00. The fourth-order valence-electron chi connectivity index (χ4n) is 2.88. The number of carbonyl (C=O) groups excluding carboxylic acids is 1. The molecule has 1 aliphatic heterocycles. The van der Waals surface area contributed by atoms with Crippen molar-refractivity contribution in [2.75, 3.05) is 11.9 Å². The number of nitrogens with two attached hydrogens (primary N) is 1. The van der Waals surface area contributed by atoms with Crippen LogP contribution in [0.2, 0.25) is 0 Å². The zero-order valence-corrected chi connectivity index (χ0v) is 15.3. The van der Waals surface area contributed by atoms with E-state index >= 15 is 0 Å². The molecule has 1 aliphatic rings. The fraction of sp³-hybridized carbons (Fsp3) is 0.412. The third kappa shape index (κ3) is 4.79. The van der Waals surface area contributed by atoms with Crippen LogP contribution in [-0.4, -0.2) is 34.4 Å². The van der Waals surface area contributed by atoms with Crippen molar-refractivity contribution in [3.8, 4) is 5.69 Å². The Bertz CT molecular complexity index is 810. The van der Waals surface area contributed by atoms with Crippen LogP contribution in [0.5, 0.6) is 0 Å². The van der Waals surface area contributed by atoms with Gasteiger partial charge in [-0.05, 0) is 38.0 Å². The van der Waals surface area contributed by atoms with Gasteiger partial charge in [0.1, 0.15) is 11.9 Å². The first-order valence-electron chi connectivity index (χ1n) is 8.18. The molecule has 0 saturated carbocycles. The predicted octanol–water partition coefficient (Wildman–Crippen LogP) is 3.07. The van der Waals surface area contributed by atoms with Crippen molar-refractivity contribution in [1.82, 2.24) is 9.78 Å². The van der Waals surface area contributed by atoms with Crippen LogP contribution in [0.25, 0.3) is 5.69 Å². The number of aryl methyl sites for hydroxylation is 1. The Morgan fingerprint density at radius 2 is 2.11 bits per heavy atom. The van der Waals surface area contributed by atoms with Gasteiger partial charge >= 0.3 is 6.18 Å². The Balaban J connectivity index is 0.00000261. The number of hydrogen-bond acceptors (Lipinski definition) is 4. The Labute approximate surface area is 160 Å². The van der Waals surface area contributed by atoms with E-state index in [2.05, 4.69) is 10.4 Å². The van der Waals surface area contributed by atoms with Gasteiger partial charge in [0.05, 0.1) is 23.0 Å². The topological polar surface area (TPSA) is 82.2 Å². The van der Waals surface area contributed by atoms with E-state index in [9.17, 15) is 18.0 Å². The average molecular weight is 405 g/mol. The second kappa shape index (κ2) is 8.28. The van der Waals surface area contributed by atoms with E-state index in [1.807, 2.05) is 0 Å². The van der Waals surface area contributed by atoms with Crippen LogP contribution < -0.4 is 11.1 Å². The molecule has 0 spiro atoms. The molecule has 10 heteroatoms.